The number of nitrogens with zero attached hydrogens (tertiary/aromatic N) is 1. The summed E-state index contributed by atoms with van der Waals surface area (Å²) in [6.07, 6.45) is 4.26. The van der Waals surface area contributed by atoms with E-state index in [1.54, 1.807) is 0 Å². The molecule has 3 heteroatoms. The lowest BCUT2D eigenvalue weighted by atomic mass is 10.1. The molecule has 1 aromatic rings. The molecule has 1 aliphatic carbocycles. The lowest BCUT2D eigenvalue weighted by Crippen LogP contribution is -2.31. The standard InChI is InChI=1S/C15H24N2O/c1-11(2)16-8-14-5-6-15(18-14)10-17-9-12-3-4-13(17)7-12/h5-6,11-13,16H,3-4,7-10H2,1-2H3. The van der Waals surface area contributed by atoms with Gasteiger partial charge in [0.1, 0.15) is 11.5 Å². The Morgan fingerprint density at radius 1 is 1.33 bits per heavy atom. The van der Waals surface area contributed by atoms with E-state index in [0.717, 1.165) is 36.6 Å². The molecule has 2 unspecified atom stereocenters. The van der Waals surface area contributed by atoms with E-state index < -0.39 is 0 Å². The van der Waals surface area contributed by atoms with Crippen LogP contribution in [0, 0.1) is 5.92 Å². The topological polar surface area (TPSA) is 28.4 Å². The molecule has 0 aromatic carbocycles. The van der Waals surface area contributed by atoms with Crippen LogP contribution >= 0.6 is 0 Å². The van der Waals surface area contributed by atoms with Crippen molar-refractivity contribution in [3.63, 3.8) is 0 Å². The molecule has 0 amide bonds. The van der Waals surface area contributed by atoms with Gasteiger partial charge in [-0.3, -0.25) is 4.90 Å². The number of likely N-dealkylation sites (tertiary alicyclic amines) is 1. The molecular weight excluding hydrogens is 224 g/mol. The summed E-state index contributed by atoms with van der Waals surface area (Å²) in [5.41, 5.74) is 0. The van der Waals surface area contributed by atoms with E-state index in [2.05, 4.69) is 36.2 Å². The van der Waals surface area contributed by atoms with Gasteiger partial charge < -0.3 is 9.73 Å². The van der Waals surface area contributed by atoms with Gasteiger partial charge in [-0.1, -0.05) is 13.8 Å². The number of hydrogen-bond donors (Lipinski definition) is 1. The van der Waals surface area contributed by atoms with Gasteiger partial charge in [-0.05, 0) is 37.3 Å². The molecule has 0 radical (unpaired) electrons. The van der Waals surface area contributed by atoms with Crippen molar-refractivity contribution in [2.75, 3.05) is 6.54 Å². The van der Waals surface area contributed by atoms with Crippen LogP contribution in [0.4, 0.5) is 0 Å². The van der Waals surface area contributed by atoms with Crippen LogP contribution in [0.1, 0.15) is 44.6 Å². The minimum Gasteiger partial charge on any atom is -0.463 e. The second kappa shape index (κ2) is 5.06. The lowest BCUT2D eigenvalue weighted by molar-refractivity contribution is 0.189. The van der Waals surface area contributed by atoms with E-state index in [9.17, 15) is 0 Å². The summed E-state index contributed by atoms with van der Waals surface area (Å²) in [5, 5.41) is 3.39. The van der Waals surface area contributed by atoms with E-state index in [1.165, 1.54) is 25.8 Å². The van der Waals surface area contributed by atoms with Crippen molar-refractivity contribution >= 4 is 0 Å². The highest BCUT2D eigenvalue weighted by molar-refractivity contribution is 5.08. The number of rotatable bonds is 5. The minimum absolute atomic E-state index is 0.507. The van der Waals surface area contributed by atoms with Gasteiger partial charge in [-0.25, -0.2) is 0 Å². The van der Waals surface area contributed by atoms with E-state index >= 15 is 0 Å². The van der Waals surface area contributed by atoms with E-state index in [4.69, 9.17) is 4.42 Å². The van der Waals surface area contributed by atoms with Crippen molar-refractivity contribution in [3.8, 4) is 0 Å². The summed E-state index contributed by atoms with van der Waals surface area (Å²) in [5.74, 6) is 3.15. The van der Waals surface area contributed by atoms with Gasteiger partial charge in [0.2, 0.25) is 0 Å². The summed E-state index contributed by atoms with van der Waals surface area (Å²) >= 11 is 0. The van der Waals surface area contributed by atoms with Crippen molar-refractivity contribution in [2.45, 2.75) is 58.3 Å². The molecule has 0 spiro atoms. The fourth-order valence-corrected chi connectivity index (χ4v) is 3.33. The van der Waals surface area contributed by atoms with Crippen molar-refractivity contribution in [2.24, 2.45) is 5.92 Å². The second-order valence-electron chi connectivity index (χ2n) is 6.17. The zero-order valence-corrected chi connectivity index (χ0v) is 11.5. The van der Waals surface area contributed by atoms with Crippen LogP contribution in [0.2, 0.25) is 0 Å². The first kappa shape index (κ1) is 12.2. The third-order valence-corrected chi connectivity index (χ3v) is 4.28. The molecule has 1 aromatic heterocycles. The van der Waals surface area contributed by atoms with E-state index in [0.29, 0.717) is 6.04 Å². The van der Waals surface area contributed by atoms with Crippen LogP contribution in [0.5, 0.6) is 0 Å². The number of furan rings is 1. The molecule has 18 heavy (non-hydrogen) atoms. The molecule has 2 bridgehead atoms. The van der Waals surface area contributed by atoms with Crippen LogP contribution in [-0.2, 0) is 13.1 Å². The Bertz CT molecular complexity index is 399. The quantitative estimate of drug-likeness (QED) is 0.868. The molecule has 1 saturated carbocycles. The van der Waals surface area contributed by atoms with Gasteiger partial charge in [0.15, 0.2) is 0 Å². The smallest absolute Gasteiger partial charge is 0.118 e. The highest BCUT2D eigenvalue weighted by atomic mass is 16.3. The van der Waals surface area contributed by atoms with Gasteiger partial charge >= 0.3 is 0 Å². The average Bonchev–Trinajstić information content (AvgIpc) is 3.02. The summed E-state index contributed by atoms with van der Waals surface area (Å²) in [6, 6.07) is 5.59. The number of fused-ring (bicyclic) bond motifs is 2. The first-order valence-corrected chi connectivity index (χ1v) is 7.25. The lowest BCUT2D eigenvalue weighted by Gasteiger charge is -2.25. The summed E-state index contributed by atoms with van der Waals surface area (Å²) in [7, 11) is 0. The van der Waals surface area contributed by atoms with Crippen LogP contribution in [0.3, 0.4) is 0 Å². The maximum Gasteiger partial charge on any atom is 0.118 e. The van der Waals surface area contributed by atoms with Crippen LogP contribution in [-0.4, -0.2) is 23.5 Å². The molecule has 3 rings (SSSR count). The van der Waals surface area contributed by atoms with Gasteiger partial charge in [0, 0.05) is 18.6 Å². The van der Waals surface area contributed by atoms with Crippen molar-refractivity contribution in [1.29, 1.82) is 0 Å². The third-order valence-electron chi connectivity index (χ3n) is 4.28. The summed E-state index contributed by atoms with van der Waals surface area (Å²) in [6.45, 7) is 7.44. The van der Waals surface area contributed by atoms with Gasteiger partial charge in [-0.2, -0.15) is 0 Å². The van der Waals surface area contributed by atoms with Gasteiger partial charge in [-0.15, -0.1) is 0 Å². The van der Waals surface area contributed by atoms with Crippen LogP contribution < -0.4 is 5.32 Å². The molecule has 2 heterocycles. The predicted octanol–water partition coefficient (Wildman–Crippen LogP) is 2.76. The number of hydrogen-bond acceptors (Lipinski definition) is 3. The van der Waals surface area contributed by atoms with Crippen molar-refractivity contribution in [1.82, 2.24) is 10.2 Å². The molecule has 2 atom stereocenters. The molecule has 2 fully saturated rings. The number of piperidine rings is 1. The van der Waals surface area contributed by atoms with Crippen molar-refractivity contribution < 1.29 is 4.42 Å². The Labute approximate surface area is 110 Å². The predicted molar refractivity (Wildman–Crippen MR) is 72.2 cm³/mol. The Kier molecular flexibility index (Phi) is 3.44. The number of nitrogens with one attached hydrogen (secondary N) is 1. The zero-order chi connectivity index (χ0) is 12.5. The molecule has 1 saturated heterocycles. The fourth-order valence-electron chi connectivity index (χ4n) is 3.33. The molecule has 100 valence electrons. The molecule has 3 nitrogen and oxygen atoms in total. The Morgan fingerprint density at radius 3 is 2.83 bits per heavy atom. The Balaban J connectivity index is 1.54. The first-order valence-electron chi connectivity index (χ1n) is 7.25. The second-order valence-corrected chi connectivity index (χ2v) is 6.17. The van der Waals surface area contributed by atoms with Gasteiger partial charge in [0.05, 0.1) is 13.1 Å². The maximum absolute atomic E-state index is 5.90. The highest BCUT2D eigenvalue weighted by Crippen LogP contribution is 2.38. The van der Waals surface area contributed by atoms with Crippen LogP contribution in [0.15, 0.2) is 16.5 Å². The summed E-state index contributed by atoms with van der Waals surface area (Å²) in [4.78, 5) is 2.60. The van der Waals surface area contributed by atoms with Crippen LogP contribution in [0.25, 0.3) is 0 Å². The summed E-state index contributed by atoms with van der Waals surface area (Å²) < 4.78 is 5.90. The molecule has 1 aliphatic heterocycles. The van der Waals surface area contributed by atoms with Gasteiger partial charge in [0.25, 0.3) is 0 Å². The monoisotopic (exact) mass is 248 g/mol. The van der Waals surface area contributed by atoms with E-state index in [-0.39, 0.29) is 0 Å². The minimum atomic E-state index is 0.507. The molecule has 2 aliphatic rings. The fraction of sp³-hybridized carbons (Fsp3) is 0.733. The Hall–Kier alpha value is -0.800. The van der Waals surface area contributed by atoms with E-state index in [1.807, 2.05) is 0 Å². The first-order chi connectivity index (χ1) is 8.70. The molecular formula is C15H24N2O. The Morgan fingerprint density at radius 2 is 2.17 bits per heavy atom. The highest BCUT2D eigenvalue weighted by Gasteiger charge is 2.37. The zero-order valence-electron chi connectivity index (χ0n) is 11.5. The van der Waals surface area contributed by atoms with Crippen molar-refractivity contribution in [3.05, 3.63) is 23.7 Å². The normalized spacial score (nSPS) is 27.5. The maximum atomic E-state index is 5.90. The average molecular weight is 248 g/mol. The third kappa shape index (κ3) is 2.62. The molecule has 1 N–H and O–H groups in total. The SMILES string of the molecule is CC(C)NCc1ccc(CN2CC3CCC2C3)o1. The largest absolute Gasteiger partial charge is 0.463 e.